The zero-order chi connectivity index (χ0) is 19.2. The molecule has 1 aromatic carbocycles. The maximum absolute atomic E-state index is 4.38. The van der Waals surface area contributed by atoms with Crippen LogP contribution in [0.2, 0.25) is 0 Å². The molecule has 0 radical (unpaired) electrons. The Morgan fingerprint density at radius 1 is 1.32 bits per heavy atom. The molecular weight excluding hydrogens is 531 g/mol. The van der Waals surface area contributed by atoms with Crippen LogP contribution in [0.25, 0.3) is 0 Å². The molecule has 3 rings (SSSR count). The number of hydrogen-bond donors (Lipinski definition) is 2. The van der Waals surface area contributed by atoms with E-state index < -0.39 is 0 Å². The number of para-hydroxylation sites is 1. The molecule has 0 spiro atoms. The summed E-state index contributed by atoms with van der Waals surface area (Å²) in [5, 5.41) is 6.96. The SMILES string of the molecule is CN=C(NCc1ccnc(N(C)C)c1)NC1CCN(c2ccccc2Br)C1.I. The number of nitrogens with one attached hydrogen (secondary N) is 2. The molecule has 6 nitrogen and oxygen atoms in total. The first-order valence-corrected chi connectivity index (χ1v) is 9.95. The second-order valence-electron chi connectivity index (χ2n) is 6.87. The van der Waals surface area contributed by atoms with Crippen LogP contribution in [0.5, 0.6) is 0 Å². The molecule has 1 atom stereocenters. The first kappa shape index (κ1) is 22.7. The van der Waals surface area contributed by atoms with Gasteiger partial charge in [0.15, 0.2) is 5.96 Å². The summed E-state index contributed by atoms with van der Waals surface area (Å²) in [5.41, 5.74) is 2.43. The van der Waals surface area contributed by atoms with Crippen LogP contribution in [0.1, 0.15) is 12.0 Å². The van der Waals surface area contributed by atoms with Crippen molar-refractivity contribution in [3.8, 4) is 0 Å². The van der Waals surface area contributed by atoms with Gasteiger partial charge in [-0.1, -0.05) is 12.1 Å². The first-order chi connectivity index (χ1) is 13.1. The van der Waals surface area contributed by atoms with Crippen molar-refractivity contribution in [3.63, 3.8) is 0 Å². The summed E-state index contributed by atoms with van der Waals surface area (Å²) in [6.45, 7) is 2.71. The quantitative estimate of drug-likeness (QED) is 0.334. The number of halogens is 2. The highest BCUT2D eigenvalue weighted by atomic mass is 127. The number of benzene rings is 1. The molecule has 2 heterocycles. The number of rotatable bonds is 5. The normalized spacial score (nSPS) is 16.5. The van der Waals surface area contributed by atoms with Crippen LogP contribution in [0.4, 0.5) is 11.5 Å². The lowest BCUT2D eigenvalue weighted by molar-refractivity contribution is 0.648. The number of aliphatic imine (C=N–C) groups is 1. The zero-order valence-corrected chi connectivity index (χ0v) is 20.4. The highest BCUT2D eigenvalue weighted by Crippen LogP contribution is 2.28. The topological polar surface area (TPSA) is 55.8 Å². The van der Waals surface area contributed by atoms with Gasteiger partial charge in [0.1, 0.15) is 5.82 Å². The van der Waals surface area contributed by atoms with Crippen LogP contribution in [0.3, 0.4) is 0 Å². The lowest BCUT2D eigenvalue weighted by Crippen LogP contribution is -2.44. The second-order valence-corrected chi connectivity index (χ2v) is 7.72. The number of aromatic nitrogens is 1. The van der Waals surface area contributed by atoms with Crippen molar-refractivity contribution in [2.75, 3.05) is 44.0 Å². The average molecular weight is 559 g/mol. The van der Waals surface area contributed by atoms with Gasteiger partial charge < -0.3 is 20.4 Å². The minimum absolute atomic E-state index is 0. The summed E-state index contributed by atoms with van der Waals surface area (Å²) in [4.78, 5) is 13.1. The molecule has 1 unspecified atom stereocenters. The predicted octanol–water partition coefficient (Wildman–Crippen LogP) is 3.47. The molecule has 2 aromatic rings. The van der Waals surface area contributed by atoms with Gasteiger partial charge in [0, 0.05) is 57.5 Å². The standard InChI is InChI=1S/C20H27BrN6.HI/c1-22-20(24-13-15-8-10-23-19(12-15)26(2)3)25-16-9-11-27(14-16)18-7-5-4-6-17(18)21;/h4-8,10,12,16H,9,11,13-14H2,1-3H3,(H2,22,24,25);1H. The number of pyridine rings is 1. The van der Waals surface area contributed by atoms with Gasteiger partial charge in [-0.15, -0.1) is 24.0 Å². The number of anilines is 2. The Bertz CT molecular complexity index is 798. The van der Waals surface area contributed by atoms with Gasteiger partial charge in [-0.2, -0.15) is 0 Å². The van der Waals surface area contributed by atoms with Gasteiger partial charge in [0.05, 0.1) is 5.69 Å². The van der Waals surface area contributed by atoms with E-state index in [0.717, 1.165) is 35.8 Å². The van der Waals surface area contributed by atoms with E-state index in [4.69, 9.17) is 0 Å². The van der Waals surface area contributed by atoms with Gasteiger partial charge in [-0.05, 0) is 52.2 Å². The smallest absolute Gasteiger partial charge is 0.191 e. The lowest BCUT2D eigenvalue weighted by Gasteiger charge is -2.21. The molecule has 1 saturated heterocycles. The van der Waals surface area contributed by atoms with Crippen LogP contribution in [0, 0.1) is 0 Å². The van der Waals surface area contributed by atoms with E-state index in [-0.39, 0.29) is 24.0 Å². The van der Waals surface area contributed by atoms with Gasteiger partial charge in [0.25, 0.3) is 0 Å². The minimum atomic E-state index is 0. The molecule has 28 heavy (non-hydrogen) atoms. The second kappa shape index (κ2) is 10.8. The fraction of sp³-hybridized carbons (Fsp3) is 0.400. The molecule has 8 heteroatoms. The highest BCUT2D eigenvalue weighted by molar-refractivity contribution is 14.0. The first-order valence-electron chi connectivity index (χ1n) is 9.15. The predicted molar refractivity (Wildman–Crippen MR) is 132 cm³/mol. The lowest BCUT2D eigenvalue weighted by atomic mass is 10.2. The van der Waals surface area contributed by atoms with Crippen molar-refractivity contribution in [1.29, 1.82) is 0 Å². The van der Waals surface area contributed by atoms with Crippen LogP contribution in [-0.2, 0) is 6.54 Å². The van der Waals surface area contributed by atoms with Crippen molar-refractivity contribution in [2.24, 2.45) is 4.99 Å². The van der Waals surface area contributed by atoms with Crippen molar-refractivity contribution in [3.05, 3.63) is 52.6 Å². The Labute approximate surface area is 193 Å². The third-order valence-corrected chi connectivity index (χ3v) is 5.34. The van der Waals surface area contributed by atoms with Crippen molar-refractivity contribution in [2.45, 2.75) is 19.0 Å². The molecule has 1 aliphatic heterocycles. The minimum Gasteiger partial charge on any atom is -0.368 e. The largest absolute Gasteiger partial charge is 0.368 e. The van der Waals surface area contributed by atoms with Crippen molar-refractivity contribution in [1.82, 2.24) is 15.6 Å². The van der Waals surface area contributed by atoms with Crippen LogP contribution in [-0.4, -0.2) is 51.2 Å². The van der Waals surface area contributed by atoms with Crippen molar-refractivity contribution >= 4 is 57.4 Å². The maximum Gasteiger partial charge on any atom is 0.191 e. The molecule has 1 fully saturated rings. The van der Waals surface area contributed by atoms with E-state index in [2.05, 4.69) is 65.7 Å². The summed E-state index contributed by atoms with van der Waals surface area (Å²) < 4.78 is 1.14. The summed E-state index contributed by atoms with van der Waals surface area (Å²) in [5.74, 6) is 1.79. The summed E-state index contributed by atoms with van der Waals surface area (Å²) >= 11 is 3.65. The molecule has 152 valence electrons. The highest BCUT2D eigenvalue weighted by Gasteiger charge is 2.24. The Morgan fingerprint density at radius 2 is 2.11 bits per heavy atom. The van der Waals surface area contributed by atoms with E-state index in [0.29, 0.717) is 12.6 Å². The number of nitrogens with zero attached hydrogens (tertiary/aromatic N) is 4. The number of hydrogen-bond acceptors (Lipinski definition) is 4. The van der Waals surface area contributed by atoms with E-state index in [1.54, 1.807) is 0 Å². The molecular formula is C20H28BrIN6. The van der Waals surface area contributed by atoms with Crippen LogP contribution >= 0.6 is 39.9 Å². The average Bonchev–Trinajstić information content (AvgIpc) is 3.14. The molecule has 1 aromatic heterocycles. The van der Waals surface area contributed by atoms with Crippen molar-refractivity contribution < 1.29 is 0 Å². The fourth-order valence-corrected chi connectivity index (χ4v) is 3.73. The van der Waals surface area contributed by atoms with E-state index >= 15 is 0 Å². The summed E-state index contributed by atoms with van der Waals surface area (Å²) in [7, 11) is 5.81. The maximum atomic E-state index is 4.38. The summed E-state index contributed by atoms with van der Waals surface area (Å²) in [6.07, 6.45) is 2.93. The van der Waals surface area contributed by atoms with E-state index in [9.17, 15) is 0 Å². The van der Waals surface area contributed by atoms with Gasteiger partial charge in [0.2, 0.25) is 0 Å². The molecule has 0 bridgehead atoms. The molecule has 0 amide bonds. The summed E-state index contributed by atoms with van der Waals surface area (Å²) in [6, 6.07) is 12.9. The Morgan fingerprint density at radius 3 is 2.82 bits per heavy atom. The van der Waals surface area contributed by atoms with E-state index in [1.165, 1.54) is 11.3 Å². The molecule has 2 N–H and O–H groups in total. The number of guanidine groups is 1. The molecule has 0 saturated carbocycles. The van der Waals surface area contributed by atoms with Gasteiger partial charge in [-0.3, -0.25) is 4.99 Å². The van der Waals surface area contributed by atoms with Gasteiger partial charge >= 0.3 is 0 Å². The third-order valence-electron chi connectivity index (χ3n) is 4.67. The van der Waals surface area contributed by atoms with Crippen LogP contribution in [0.15, 0.2) is 52.1 Å². The molecule has 0 aliphatic carbocycles. The Hall–Kier alpha value is -1.55. The Balaban J connectivity index is 0.00000280. The monoisotopic (exact) mass is 558 g/mol. The van der Waals surface area contributed by atoms with E-state index in [1.807, 2.05) is 44.4 Å². The van der Waals surface area contributed by atoms with Gasteiger partial charge in [-0.25, -0.2) is 4.98 Å². The fourth-order valence-electron chi connectivity index (χ4n) is 3.19. The molecule has 1 aliphatic rings. The Kier molecular flexibility index (Phi) is 8.81. The third kappa shape index (κ3) is 5.97. The zero-order valence-electron chi connectivity index (χ0n) is 16.5. The van der Waals surface area contributed by atoms with Crippen LogP contribution < -0.4 is 20.4 Å².